The highest BCUT2D eigenvalue weighted by Gasteiger charge is 2.29. The summed E-state index contributed by atoms with van der Waals surface area (Å²) in [4.78, 5) is 32.7. The Balaban J connectivity index is 1.43. The van der Waals surface area contributed by atoms with Gasteiger partial charge in [-0.2, -0.15) is 0 Å². The molecule has 28 heavy (non-hydrogen) atoms. The molecule has 0 aliphatic heterocycles. The summed E-state index contributed by atoms with van der Waals surface area (Å²) in [6.45, 7) is 0. The Labute approximate surface area is 162 Å². The number of carbonyl (C=O) groups is 2. The zero-order valence-corrected chi connectivity index (χ0v) is 15.1. The summed E-state index contributed by atoms with van der Waals surface area (Å²) in [6.07, 6.45) is 5.17. The summed E-state index contributed by atoms with van der Waals surface area (Å²) in [5, 5.41) is 8.80. The smallest absolute Gasteiger partial charge is 0.255 e. The van der Waals surface area contributed by atoms with Crippen LogP contribution in [0.25, 0.3) is 0 Å². The second-order valence-corrected chi connectivity index (χ2v) is 6.58. The molecule has 3 N–H and O–H groups in total. The molecule has 4 rings (SSSR count). The first kappa shape index (κ1) is 17.7. The van der Waals surface area contributed by atoms with Gasteiger partial charge in [-0.05, 0) is 55.3 Å². The van der Waals surface area contributed by atoms with E-state index in [1.54, 1.807) is 60.9 Å². The molecule has 1 fully saturated rings. The molecule has 1 saturated carbocycles. The summed E-state index contributed by atoms with van der Waals surface area (Å²) in [5.74, 6) is 0.370. The molecule has 1 heterocycles. The summed E-state index contributed by atoms with van der Waals surface area (Å²) in [7, 11) is 0. The monoisotopic (exact) mass is 373 g/mol. The molecule has 0 bridgehead atoms. The van der Waals surface area contributed by atoms with Crippen LogP contribution in [0.4, 0.5) is 23.0 Å². The summed E-state index contributed by atoms with van der Waals surface area (Å²) in [5.41, 5.74) is 2.49. The van der Waals surface area contributed by atoms with Crippen LogP contribution in [0.3, 0.4) is 0 Å². The Morgan fingerprint density at radius 2 is 1.50 bits per heavy atom. The van der Waals surface area contributed by atoms with E-state index in [9.17, 15) is 9.59 Å². The summed E-state index contributed by atoms with van der Waals surface area (Å²) < 4.78 is 0. The SMILES string of the molecule is O=C(Nc1cccc(NC(=O)C2CC2)c1)c1cccc(Nc2ncccn2)c1. The van der Waals surface area contributed by atoms with Gasteiger partial charge in [0.2, 0.25) is 11.9 Å². The van der Waals surface area contributed by atoms with Crippen LogP contribution < -0.4 is 16.0 Å². The molecule has 1 aromatic heterocycles. The van der Waals surface area contributed by atoms with Crippen LogP contribution in [0.5, 0.6) is 0 Å². The lowest BCUT2D eigenvalue weighted by Crippen LogP contribution is -2.15. The van der Waals surface area contributed by atoms with Crippen LogP contribution in [-0.2, 0) is 4.79 Å². The molecule has 2 amide bonds. The Kier molecular flexibility index (Phi) is 4.97. The molecule has 0 radical (unpaired) electrons. The Bertz CT molecular complexity index is 1000. The van der Waals surface area contributed by atoms with Gasteiger partial charge in [0, 0.05) is 40.9 Å². The van der Waals surface area contributed by atoms with Crippen molar-refractivity contribution < 1.29 is 9.59 Å². The van der Waals surface area contributed by atoms with Gasteiger partial charge in [0.1, 0.15) is 0 Å². The van der Waals surface area contributed by atoms with E-state index in [2.05, 4.69) is 25.9 Å². The molecule has 7 heteroatoms. The van der Waals surface area contributed by atoms with Gasteiger partial charge in [0.15, 0.2) is 0 Å². The molecule has 7 nitrogen and oxygen atoms in total. The standard InChI is InChI=1S/C21H19N5O2/c27-19(14-8-9-14)24-17-6-2-7-18(13-17)25-20(28)15-4-1-5-16(12-15)26-21-22-10-3-11-23-21/h1-7,10-14H,8-9H2,(H,24,27)(H,25,28)(H,22,23,26). The molecule has 3 aromatic rings. The second kappa shape index (κ2) is 7.87. The third kappa shape index (κ3) is 4.50. The van der Waals surface area contributed by atoms with Gasteiger partial charge in [0.25, 0.3) is 5.91 Å². The minimum atomic E-state index is -0.247. The number of hydrogen-bond donors (Lipinski definition) is 3. The fourth-order valence-electron chi connectivity index (χ4n) is 2.70. The number of rotatable bonds is 6. The molecular weight excluding hydrogens is 354 g/mol. The minimum Gasteiger partial charge on any atom is -0.326 e. The van der Waals surface area contributed by atoms with Gasteiger partial charge in [-0.15, -0.1) is 0 Å². The number of aromatic nitrogens is 2. The van der Waals surface area contributed by atoms with Crippen molar-refractivity contribution in [2.45, 2.75) is 12.8 Å². The van der Waals surface area contributed by atoms with Crippen molar-refractivity contribution >= 4 is 34.8 Å². The first-order valence-corrected chi connectivity index (χ1v) is 9.04. The van der Waals surface area contributed by atoms with Gasteiger partial charge in [-0.1, -0.05) is 12.1 Å². The third-order valence-corrected chi connectivity index (χ3v) is 4.28. The van der Waals surface area contributed by atoms with E-state index in [0.717, 1.165) is 12.8 Å². The molecule has 1 aliphatic rings. The van der Waals surface area contributed by atoms with Crippen LogP contribution in [-0.4, -0.2) is 21.8 Å². The topological polar surface area (TPSA) is 96.0 Å². The maximum Gasteiger partial charge on any atom is 0.255 e. The average molecular weight is 373 g/mol. The molecule has 0 atom stereocenters. The lowest BCUT2D eigenvalue weighted by molar-refractivity contribution is -0.117. The number of benzene rings is 2. The zero-order chi connectivity index (χ0) is 19.3. The maximum atomic E-state index is 12.6. The molecular formula is C21H19N5O2. The zero-order valence-electron chi connectivity index (χ0n) is 15.1. The Morgan fingerprint density at radius 1 is 0.821 bits per heavy atom. The predicted octanol–water partition coefficient (Wildman–Crippen LogP) is 3.82. The van der Waals surface area contributed by atoms with E-state index in [4.69, 9.17) is 0 Å². The van der Waals surface area contributed by atoms with Crippen molar-refractivity contribution in [2.75, 3.05) is 16.0 Å². The van der Waals surface area contributed by atoms with Gasteiger partial charge < -0.3 is 16.0 Å². The first-order chi connectivity index (χ1) is 13.7. The number of nitrogens with one attached hydrogen (secondary N) is 3. The van der Waals surface area contributed by atoms with Crippen molar-refractivity contribution in [3.05, 3.63) is 72.6 Å². The van der Waals surface area contributed by atoms with E-state index in [1.807, 2.05) is 6.07 Å². The molecule has 2 aromatic carbocycles. The normalized spacial score (nSPS) is 12.9. The van der Waals surface area contributed by atoms with E-state index >= 15 is 0 Å². The van der Waals surface area contributed by atoms with E-state index in [0.29, 0.717) is 28.6 Å². The van der Waals surface area contributed by atoms with E-state index in [1.165, 1.54) is 0 Å². The second-order valence-electron chi connectivity index (χ2n) is 6.58. The highest BCUT2D eigenvalue weighted by Crippen LogP contribution is 2.30. The predicted molar refractivity (Wildman–Crippen MR) is 108 cm³/mol. The number of anilines is 4. The van der Waals surface area contributed by atoms with Crippen LogP contribution >= 0.6 is 0 Å². The van der Waals surface area contributed by atoms with Gasteiger partial charge in [-0.3, -0.25) is 9.59 Å². The summed E-state index contributed by atoms with van der Waals surface area (Å²) in [6, 6.07) is 15.9. The van der Waals surface area contributed by atoms with Gasteiger partial charge >= 0.3 is 0 Å². The molecule has 0 unspecified atom stereocenters. The van der Waals surface area contributed by atoms with Crippen molar-refractivity contribution in [3.63, 3.8) is 0 Å². The number of hydrogen-bond acceptors (Lipinski definition) is 5. The van der Waals surface area contributed by atoms with Crippen molar-refractivity contribution in [1.29, 1.82) is 0 Å². The van der Waals surface area contributed by atoms with E-state index < -0.39 is 0 Å². The van der Waals surface area contributed by atoms with Crippen molar-refractivity contribution in [1.82, 2.24) is 9.97 Å². The van der Waals surface area contributed by atoms with E-state index in [-0.39, 0.29) is 17.7 Å². The summed E-state index contributed by atoms with van der Waals surface area (Å²) >= 11 is 0. The quantitative estimate of drug-likeness (QED) is 0.610. The number of nitrogens with zero attached hydrogens (tertiary/aromatic N) is 2. The third-order valence-electron chi connectivity index (χ3n) is 4.28. The average Bonchev–Trinajstić information content (AvgIpc) is 3.55. The van der Waals surface area contributed by atoms with Gasteiger partial charge in [0.05, 0.1) is 0 Å². The number of carbonyl (C=O) groups excluding carboxylic acids is 2. The van der Waals surface area contributed by atoms with Crippen molar-refractivity contribution in [3.8, 4) is 0 Å². The molecule has 1 aliphatic carbocycles. The lowest BCUT2D eigenvalue weighted by atomic mass is 10.1. The fraction of sp³-hybridized carbons (Fsp3) is 0.143. The minimum absolute atomic E-state index is 0.0328. The largest absolute Gasteiger partial charge is 0.326 e. The van der Waals surface area contributed by atoms with Crippen LogP contribution in [0.2, 0.25) is 0 Å². The van der Waals surface area contributed by atoms with Crippen LogP contribution in [0, 0.1) is 5.92 Å². The van der Waals surface area contributed by atoms with Crippen LogP contribution in [0.15, 0.2) is 67.0 Å². The lowest BCUT2D eigenvalue weighted by Gasteiger charge is -2.10. The highest BCUT2D eigenvalue weighted by atomic mass is 16.2. The maximum absolute atomic E-state index is 12.6. The fourth-order valence-corrected chi connectivity index (χ4v) is 2.70. The first-order valence-electron chi connectivity index (χ1n) is 9.04. The highest BCUT2D eigenvalue weighted by molar-refractivity contribution is 6.05. The van der Waals surface area contributed by atoms with Gasteiger partial charge in [-0.25, -0.2) is 9.97 Å². The van der Waals surface area contributed by atoms with Crippen LogP contribution in [0.1, 0.15) is 23.2 Å². The molecule has 140 valence electrons. The Hall–Kier alpha value is -3.74. The van der Waals surface area contributed by atoms with Crippen molar-refractivity contribution in [2.24, 2.45) is 5.92 Å². The molecule has 0 saturated heterocycles. The number of amides is 2. The Morgan fingerprint density at radius 3 is 2.25 bits per heavy atom. The molecule has 0 spiro atoms.